The molecule has 1 amide bonds. The number of imidazole rings is 1. The molecule has 0 radical (unpaired) electrons. The molecule has 1 aromatic carbocycles. The van der Waals surface area contributed by atoms with Crippen LogP contribution in [0.2, 0.25) is 0 Å². The van der Waals surface area contributed by atoms with Gasteiger partial charge in [0.05, 0.1) is 17.6 Å². The fraction of sp³-hybridized carbons (Fsp3) is 0.467. The highest BCUT2D eigenvalue weighted by molar-refractivity contribution is 7.98. The molecule has 114 valence electrons. The van der Waals surface area contributed by atoms with Crippen molar-refractivity contribution in [2.45, 2.75) is 26.0 Å². The van der Waals surface area contributed by atoms with Crippen molar-refractivity contribution in [1.29, 1.82) is 0 Å². The lowest BCUT2D eigenvalue weighted by atomic mass is 10.2. The summed E-state index contributed by atoms with van der Waals surface area (Å²) >= 11 is 1.62. The third-order valence-electron chi connectivity index (χ3n) is 3.41. The number of hydrogen-bond donors (Lipinski definition) is 2. The average Bonchev–Trinajstić information content (AvgIpc) is 2.87. The summed E-state index contributed by atoms with van der Waals surface area (Å²) in [6, 6.07) is 5.95. The predicted octanol–water partition coefficient (Wildman–Crippen LogP) is 1.94. The third-order valence-corrected chi connectivity index (χ3v) is 4.05. The summed E-state index contributed by atoms with van der Waals surface area (Å²) < 4.78 is 0. The number of aryl methyl sites for hydroxylation is 1. The normalized spacial score (nSPS) is 12.6. The van der Waals surface area contributed by atoms with Gasteiger partial charge in [-0.25, -0.2) is 4.98 Å². The number of H-pyrrole nitrogens is 1. The minimum Gasteiger partial charge on any atom is -0.383 e. The molecular formula is C15H21N3O2S. The molecule has 0 saturated carbocycles. The Morgan fingerprint density at radius 3 is 2.95 bits per heavy atom. The lowest BCUT2D eigenvalue weighted by Crippen LogP contribution is -2.36. The van der Waals surface area contributed by atoms with E-state index in [9.17, 15) is 9.90 Å². The van der Waals surface area contributed by atoms with Gasteiger partial charge in [0.15, 0.2) is 0 Å². The van der Waals surface area contributed by atoms with E-state index in [4.69, 9.17) is 0 Å². The summed E-state index contributed by atoms with van der Waals surface area (Å²) in [5.41, 5.74) is 2.99. The molecule has 2 aromatic rings. The molecule has 0 fully saturated rings. The van der Waals surface area contributed by atoms with Crippen LogP contribution in [0.1, 0.15) is 17.8 Å². The summed E-state index contributed by atoms with van der Waals surface area (Å²) in [6.07, 6.45) is 1.50. The maximum Gasteiger partial charge on any atom is 0.251 e. The number of nitrogens with one attached hydrogen (secondary N) is 1. The Labute approximate surface area is 128 Å². The van der Waals surface area contributed by atoms with Gasteiger partial charge < -0.3 is 15.0 Å². The maximum atomic E-state index is 12.1. The number of thioether (sulfide) groups is 1. The van der Waals surface area contributed by atoms with Crippen molar-refractivity contribution in [2.24, 2.45) is 0 Å². The topological polar surface area (TPSA) is 69.2 Å². The number of carbonyl (C=O) groups excluding carboxylic acids is 1. The number of rotatable bonds is 6. The van der Waals surface area contributed by atoms with Crippen molar-refractivity contribution in [3.63, 3.8) is 0 Å². The molecule has 5 nitrogen and oxygen atoms in total. The van der Waals surface area contributed by atoms with Crippen LogP contribution < -0.4 is 0 Å². The Morgan fingerprint density at radius 2 is 2.29 bits per heavy atom. The number of benzene rings is 1. The molecule has 2 rings (SSSR count). The number of para-hydroxylation sites is 1. The zero-order valence-corrected chi connectivity index (χ0v) is 13.4. The van der Waals surface area contributed by atoms with Crippen LogP contribution in [0.15, 0.2) is 18.2 Å². The average molecular weight is 307 g/mol. The molecule has 1 aromatic heterocycles. The molecule has 1 atom stereocenters. The van der Waals surface area contributed by atoms with Crippen LogP contribution in [-0.4, -0.2) is 51.0 Å². The SMILES string of the molecule is CSCCC(O)C(=O)N(C)Cc1nc2c(C)cccc2[nH]1. The minimum absolute atomic E-state index is 0.263. The van der Waals surface area contributed by atoms with Gasteiger partial charge in [-0.15, -0.1) is 0 Å². The number of hydrogen-bond acceptors (Lipinski definition) is 4. The van der Waals surface area contributed by atoms with Crippen LogP contribution in [0.5, 0.6) is 0 Å². The fourth-order valence-electron chi connectivity index (χ4n) is 2.21. The van der Waals surface area contributed by atoms with Crippen molar-refractivity contribution in [1.82, 2.24) is 14.9 Å². The van der Waals surface area contributed by atoms with Crippen LogP contribution >= 0.6 is 11.8 Å². The Morgan fingerprint density at radius 1 is 1.52 bits per heavy atom. The smallest absolute Gasteiger partial charge is 0.251 e. The second-order valence-electron chi connectivity index (χ2n) is 5.15. The lowest BCUT2D eigenvalue weighted by molar-refractivity contribution is -0.139. The van der Waals surface area contributed by atoms with Gasteiger partial charge in [-0.3, -0.25) is 4.79 Å². The third kappa shape index (κ3) is 3.77. The van der Waals surface area contributed by atoms with E-state index in [-0.39, 0.29) is 5.91 Å². The van der Waals surface area contributed by atoms with Crippen LogP contribution in [0.3, 0.4) is 0 Å². The monoisotopic (exact) mass is 307 g/mol. The predicted molar refractivity (Wildman–Crippen MR) is 86.3 cm³/mol. The highest BCUT2D eigenvalue weighted by atomic mass is 32.2. The zero-order chi connectivity index (χ0) is 15.4. The molecule has 0 spiro atoms. The molecule has 21 heavy (non-hydrogen) atoms. The molecule has 1 heterocycles. The van der Waals surface area contributed by atoms with Crippen molar-refractivity contribution in [2.75, 3.05) is 19.1 Å². The first-order valence-corrected chi connectivity index (χ1v) is 8.28. The summed E-state index contributed by atoms with van der Waals surface area (Å²) in [5.74, 6) is 1.23. The second-order valence-corrected chi connectivity index (χ2v) is 6.13. The van der Waals surface area contributed by atoms with Crippen LogP contribution in [-0.2, 0) is 11.3 Å². The van der Waals surface area contributed by atoms with E-state index in [1.54, 1.807) is 18.8 Å². The molecule has 0 aliphatic carbocycles. The summed E-state index contributed by atoms with van der Waals surface area (Å²) in [6.45, 7) is 2.37. The van der Waals surface area contributed by atoms with Gasteiger partial charge in [0.25, 0.3) is 5.91 Å². The van der Waals surface area contributed by atoms with Gasteiger partial charge in [-0.2, -0.15) is 11.8 Å². The number of carbonyl (C=O) groups is 1. The summed E-state index contributed by atoms with van der Waals surface area (Å²) in [7, 11) is 1.69. The number of aromatic nitrogens is 2. The Hall–Kier alpha value is -1.53. The van der Waals surface area contributed by atoms with E-state index in [1.165, 1.54) is 4.90 Å². The quantitative estimate of drug-likeness (QED) is 0.856. The number of amides is 1. The Balaban J connectivity index is 2.05. The van der Waals surface area contributed by atoms with E-state index in [2.05, 4.69) is 9.97 Å². The number of likely N-dealkylation sites (N-methyl/N-ethyl adjacent to an activating group) is 1. The van der Waals surface area contributed by atoms with Gasteiger partial charge in [-0.1, -0.05) is 12.1 Å². The first-order chi connectivity index (χ1) is 10.0. The number of aliphatic hydroxyl groups is 1. The molecule has 0 bridgehead atoms. The Kier molecular flexibility index (Phi) is 5.25. The van der Waals surface area contributed by atoms with Gasteiger partial charge in [0, 0.05) is 7.05 Å². The van der Waals surface area contributed by atoms with Crippen molar-refractivity contribution >= 4 is 28.7 Å². The number of nitrogens with zero attached hydrogens (tertiary/aromatic N) is 2. The van der Waals surface area contributed by atoms with Crippen molar-refractivity contribution < 1.29 is 9.90 Å². The van der Waals surface area contributed by atoms with Crippen LogP contribution in [0.25, 0.3) is 11.0 Å². The molecular weight excluding hydrogens is 286 g/mol. The van der Waals surface area contributed by atoms with E-state index in [0.29, 0.717) is 13.0 Å². The highest BCUT2D eigenvalue weighted by Gasteiger charge is 2.20. The van der Waals surface area contributed by atoms with Crippen LogP contribution in [0, 0.1) is 6.92 Å². The summed E-state index contributed by atoms with van der Waals surface area (Å²) in [4.78, 5) is 21.3. The maximum absolute atomic E-state index is 12.1. The largest absolute Gasteiger partial charge is 0.383 e. The highest BCUT2D eigenvalue weighted by Crippen LogP contribution is 2.16. The van der Waals surface area contributed by atoms with Crippen LogP contribution in [0.4, 0.5) is 0 Å². The number of fused-ring (bicyclic) bond motifs is 1. The molecule has 2 N–H and O–H groups in total. The van der Waals surface area contributed by atoms with Crippen molar-refractivity contribution in [3.8, 4) is 0 Å². The van der Waals surface area contributed by atoms with E-state index < -0.39 is 6.10 Å². The van der Waals surface area contributed by atoms with Gasteiger partial charge in [0.2, 0.25) is 0 Å². The molecule has 0 aliphatic heterocycles. The molecule has 0 aliphatic rings. The lowest BCUT2D eigenvalue weighted by Gasteiger charge is -2.19. The number of aromatic amines is 1. The van der Waals surface area contributed by atoms with Gasteiger partial charge >= 0.3 is 0 Å². The van der Waals surface area contributed by atoms with E-state index >= 15 is 0 Å². The van der Waals surface area contributed by atoms with E-state index in [0.717, 1.165) is 28.2 Å². The van der Waals surface area contributed by atoms with Gasteiger partial charge in [-0.05, 0) is 37.0 Å². The summed E-state index contributed by atoms with van der Waals surface area (Å²) in [5, 5.41) is 9.85. The molecule has 1 unspecified atom stereocenters. The zero-order valence-electron chi connectivity index (χ0n) is 12.6. The van der Waals surface area contributed by atoms with Crippen molar-refractivity contribution in [3.05, 3.63) is 29.6 Å². The second kappa shape index (κ2) is 6.95. The standard InChI is InChI=1S/C15H21N3O2S/c1-10-5-4-6-11-14(10)17-13(16-11)9-18(2)15(20)12(19)7-8-21-3/h4-6,12,19H,7-9H2,1-3H3,(H,16,17). The first-order valence-electron chi connectivity index (χ1n) is 6.89. The fourth-order valence-corrected chi connectivity index (χ4v) is 2.67. The minimum atomic E-state index is -0.937. The van der Waals surface area contributed by atoms with E-state index in [1.807, 2.05) is 31.4 Å². The van der Waals surface area contributed by atoms with Gasteiger partial charge in [0.1, 0.15) is 11.9 Å². The first kappa shape index (κ1) is 15.9. The molecule has 6 heteroatoms. The molecule has 0 saturated heterocycles. The Bertz CT molecular complexity index is 626. The number of aliphatic hydroxyl groups excluding tert-OH is 1.